The third-order valence-electron chi connectivity index (χ3n) is 3.03. The number of hydrogen-bond donors (Lipinski definition) is 3. The molecule has 4 N–H and O–H groups in total. The van der Waals surface area contributed by atoms with E-state index in [1.165, 1.54) is 6.33 Å². The first-order valence-corrected chi connectivity index (χ1v) is 7.10. The summed E-state index contributed by atoms with van der Waals surface area (Å²) < 4.78 is 1.14. The Morgan fingerprint density at radius 1 is 1.20 bits per heavy atom. The van der Waals surface area contributed by atoms with Gasteiger partial charge < -0.3 is 10.7 Å². The van der Waals surface area contributed by atoms with Crippen molar-refractivity contribution < 1.29 is 0 Å². The number of hydrogen-bond acceptors (Lipinski definition) is 7. The van der Waals surface area contributed by atoms with Gasteiger partial charge in [0.1, 0.15) is 18.0 Å². The number of aromatic nitrogens is 3. The molecule has 3 aromatic rings. The van der Waals surface area contributed by atoms with Crippen LogP contribution in [0.25, 0.3) is 10.2 Å². The van der Waals surface area contributed by atoms with Crippen LogP contribution >= 0.6 is 11.3 Å². The van der Waals surface area contributed by atoms with Gasteiger partial charge in [-0.05, 0) is 24.6 Å². The van der Waals surface area contributed by atoms with Crippen LogP contribution in [0.4, 0.5) is 17.3 Å². The molecule has 0 spiro atoms. The smallest absolute Gasteiger partial charge is 0.148 e. The molecule has 0 saturated carbocycles. The monoisotopic (exact) mass is 286 g/mol. The van der Waals surface area contributed by atoms with Gasteiger partial charge in [0.25, 0.3) is 0 Å². The first kappa shape index (κ1) is 12.8. The second-order valence-corrected chi connectivity index (χ2v) is 5.09. The topological polar surface area (TPSA) is 88.8 Å². The molecule has 0 aliphatic heterocycles. The number of nitrogens with zero attached hydrogens (tertiary/aromatic N) is 3. The zero-order valence-corrected chi connectivity index (χ0v) is 11.7. The van der Waals surface area contributed by atoms with Crippen molar-refractivity contribution in [2.75, 3.05) is 10.7 Å². The molecule has 0 aliphatic carbocycles. The number of nitrogens with two attached hydrogens (primary N) is 1. The lowest BCUT2D eigenvalue weighted by Gasteiger charge is -2.12. The van der Waals surface area contributed by atoms with Gasteiger partial charge >= 0.3 is 0 Å². The molecule has 0 bridgehead atoms. The summed E-state index contributed by atoms with van der Waals surface area (Å²) in [5.41, 5.74) is 7.37. The summed E-state index contributed by atoms with van der Waals surface area (Å²) >= 11 is 1.61. The Hall–Kier alpha value is -2.25. The Kier molecular flexibility index (Phi) is 3.44. The zero-order chi connectivity index (χ0) is 13.9. The van der Waals surface area contributed by atoms with Gasteiger partial charge in [0.05, 0.1) is 15.7 Å². The minimum absolute atomic E-state index is 0.642. The average Bonchev–Trinajstić information content (AvgIpc) is 2.94. The molecule has 0 saturated heterocycles. The number of rotatable bonds is 4. The fraction of sp³-hybridized carbons (Fsp3) is 0.154. The highest BCUT2D eigenvalue weighted by Gasteiger charge is 2.09. The lowest BCUT2D eigenvalue weighted by atomic mass is 10.2. The molecule has 0 atom stereocenters. The minimum Gasteiger partial charge on any atom is -0.340 e. The minimum atomic E-state index is 0.642. The Balaban J connectivity index is 1.97. The first-order valence-electron chi connectivity index (χ1n) is 6.22. The Morgan fingerprint density at radius 3 is 2.85 bits per heavy atom. The quantitative estimate of drug-likeness (QED) is 0.505. The lowest BCUT2D eigenvalue weighted by Crippen LogP contribution is -2.13. The summed E-state index contributed by atoms with van der Waals surface area (Å²) in [5.74, 6) is 6.88. The van der Waals surface area contributed by atoms with E-state index in [9.17, 15) is 0 Å². The average molecular weight is 286 g/mol. The van der Waals surface area contributed by atoms with E-state index >= 15 is 0 Å². The van der Waals surface area contributed by atoms with Gasteiger partial charge in [-0.2, -0.15) is 0 Å². The molecule has 6 nitrogen and oxygen atoms in total. The molecule has 0 unspecified atom stereocenters. The molecule has 3 rings (SSSR count). The molecule has 20 heavy (non-hydrogen) atoms. The van der Waals surface area contributed by atoms with Gasteiger partial charge in [0, 0.05) is 11.3 Å². The van der Waals surface area contributed by atoms with Crippen LogP contribution in [0.5, 0.6) is 0 Å². The number of nitrogen functional groups attached to an aromatic ring is 1. The van der Waals surface area contributed by atoms with E-state index in [1.807, 2.05) is 24.6 Å². The van der Waals surface area contributed by atoms with Crippen molar-refractivity contribution >= 4 is 38.9 Å². The highest BCUT2D eigenvalue weighted by Crippen LogP contribution is 2.26. The SMILES string of the molecule is CCc1c(NN)ncnc1Nc1ccc2ncsc2c1. The van der Waals surface area contributed by atoms with Crippen LogP contribution in [0.3, 0.4) is 0 Å². The van der Waals surface area contributed by atoms with Crippen molar-refractivity contribution in [3.8, 4) is 0 Å². The van der Waals surface area contributed by atoms with Crippen molar-refractivity contribution in [2.24, 2.45) is 5.84 Å². The molecule has 102 valence electrons. The van der Waals surface area contributed by atoms with Crippen molar-refractivity contribution in [2.45, 2.75) is 13.3 Å². The number of anilines is 3. The fourth-order valence-corrected chi connectivity index (χ4v) is 2.77. The van der Waals surface area contributed by atoms with Crippen molar-refractivity contribution in [3.63, 3.8) is 0 Å². The Labute approximate surface area is 120 Å². The molecule has 0 fully saturated rings. The van der Waals surface area contributed by atoms with Crippen LogP contribution < -0.4 is 16.6 Å². The molecule has 0 radical (unpaired) electrons. The number of nitrogens with one attached hydrogen (secondary N) is 2. The normalized spacial score (nSPS) is 10.7. The molecule has 7 heteroatoms. The number of fused-ring (bicyclic) bond motifs is 1. The first-order chi connectivity index (χ1) is 9.81. The van der Waals surface area contributed by atoms with Gasteiger partial charge in [0.15, 0.2) is 0 Å². The van der Waals surface area contributed by atoms with Crippen LogP contribution in [-0.4, -0.2) is 15.0 Å². The van der Waals surface area contributed by atoms with Gasteiger partial charge in [-0.25, -0.2) is 20.8 Å². The van der Waals surface area contributed by atoms with E-state index in [-0.39, 0.29) is 0 Å². The zero-order valence-electron chi connectivity index (χ0n) is 10.9. The largest absolute Gasteiger partial charge is 0.340 e. The Bertz CT molecular complexity index is 739. The summed E-state index contributed by atoms with van der Waals surface area (Å²) in [4.78, 5) is 12.7. The molecular formula is C13H14N6S. The van der Waals surface area contributed by atoms with Crippen molar-refractivity contribution in [3.05, 3.63) is 35.6 Å². The summed E-state index contributed by atoms with van der Waals surface area (Å²) in [6.45, 7) is 2.04. The van der Waals surface area contributed by atoms with Crippen LogP contribution in [0.1, 0.15) is 12.5 Å². The molecule has 2 aromatic heterocycles. The van der Waals surface area contributed by atoms with E-state index < -0.39 is 0 Å². The summed E-state index contributed by atoms with van der Waals surface area (Å²) in [5, 5.41) is 3.31. The van der Waals surface area contributed by atoms with Crippen LogP contribution in [-0.2, 0) is 6.42 Å². The van der Waals surface area contributed by atoms with Crippen LogP contribution in [0.15, 0.2) is 30.0 Å². The van der Waals surface area contributed by atoms with Gasteiger partial charge in [-0.1, -0.05) is 6.92 Å². The van der Waals surface area contributed by atoms with E-state index in [0.717, 1.165) is 33.7 Å². The lowest BCUT2D eigenvalue weighted by molar-refractivity contribution is 1.04. The predicted molar refractivity (Wildman–Crippen MR) is 82.1 cm³/mol. The van der Waals surface area contributed by atoms with E-state index in [0.29, 0.717) is 5.82 Å². The third-order valence-corrected chi connectivity index (χ3v) is 3.82. The maximum atomic E-state index is 5.47. The van der Waals surface area contributed by atoms with E-state index in [1.54, 1.807) is 11.3 Å². The summed E-state index contributed by atoms with van der Waals surface area (Å²) in [6.07, 6.45) is 2.27. The Morgan fingerprint density at radius 2 is 2.05 bits per heavy atom. The standard InChI is InChI=1S/C13H14N6S/c1-2-9-12(15-6-16-13(9)19-14)18-8-3-4-10-11(5-8)20-7-17-10/h3-7H,2,14H2,1H3,(H2,15,16,18,19). The second kappa shape index (κ2) is 5.40. The fourth-order valence-electron chi connectivity index (χ4n) is 2.05. The van der Waals surface area contributed by atoms with Crippen LogP contribution in [0, 0.1) is 0 Å². The van der Waals surface area contributed by atoms with Crippen LogP contribution in [0.2, 0.25) is 0 Å². The van der Waals surface area contributed by atoms with E-state index in [2.05, 4.69) is 31.8 Å². The van der Waals surface area contributed by atoms with Gasteiger partial charge in [0.2, 0.25) is 0 Å². The molecule has 1 aromatic carbocycles. The number of hydrazine groups is 1. The van der Waals surface area contributed by atoms with Crippen molar-refractivity contribution in [1.82, 2.24) is 15.0 Å². The molecule has 0 aliphatic rings. The summed E-state index contributed by atoms with van der Waals surface area (Å²) in [7, 11) is 0. The third kappa shape index (κ3) is 2.28. The highest BCUT2D eigenvalue weighted by molar-refractivity contribution is 7.16. The van der Waals surface area contributed by atoms with Gasteiger partial charge in [-0.15, -0.1) is 11.3 Å². The predicted octanol–water partition coefficient (Wildman–Crippen LogP) is 2.68. The second-order valence-electron chi connectivity index (χ2n) is 4.21. The highest BCUT2D eigenvalue weighted by atomic mass is 32.1. The van der Waals surface area contributed by atoms with Crippen molar-refractivity contribution in [1.29, 1.82) is 0 Å². The molecular weight excluding hydrogens is 272 g/mol. The van der Waals surface area contributed by atoms with E-state index in [4.69, 9.17) is 5.84 Å². The molecule has 0 amide bonds. The summed E-state index contributed by atoms with van der Waals surface area (Å²) in [6, 6.07) is 6.03. The number of benzene rings is 1. The molecule has 2 heterocycles. The maximum Gasteiger partial charge on any atom is 0.148 e. The van der Waals surface area contributed by atoms with Gasteiger partial charge in [-0.3, -0.25) is 0 Å². The maximum absolute atomic E-state index is 5.47. The number of thiazole rings is 1.